The summed E-state index contributed by atoms with van der Waals surface area (Å²) in [6.45, 7) is 4.70. The van der Waals surface area contributed by atoms with Crippen molar-refractivity contribution in [3.63, 3.8) is 0 Å². The van der Waals surface area contributed by atoms with Gasteiger partial charge in [-0.3, -0.25) is 4.79 Å². The van der Waals surface area contributed by atoms with Crippen LogP contribution in [0, 0.1) is 5.41 Å². The maximum Gasteiger partial charge on any atom is 0.230 e. The number of carbonyl (C=O) groups excluding carboxylic acids is 1. The van der Waals surface area contributed by atoms with E-state index in [2.05, 4.69) is 29.1 Å². The van der Waals surface area contributed by atoms with E-state index in [1.165, 1.54) is 5.56 Å². The van der Waals surface area contributed by atoms with Crippen LogP contribution < -0.4 is 5.32 Å². The lowest BCUT2D eigenvalue weighted by atomic mass is 9.81. The third-order valence-corrected chi connectivity index (χ3v) is 4.50. The Kier molecular flexibility index (Phi) is 4.40. The Labute approximate surface area is 113 Å². The fourth-order valence-electron chi connectivity index (χ4n) is 2.86. The van der Waals surface area contributed by atoms with Crippen molar-refractivity contribution in [1.29, 1.82) is 0 Å². The maximum absolute atomic E-state index is 12.7. The first-order valence-corrected chi connectivity index (χ1v) is 7.59. The zero-order chi connectivity index (χ0) is 13.0. The molecule has 1 fully saturated rings. The molecule has 18 heavy (non-hydrogen) atoms. The minimum Gasteiger partial charge on any atom is -0.341 e. The molecule has 4 heteroatoms. The van der Waals surface area contributed by atoms with Gasteiger partial charge in [0.15, 0.2) is 0 Å². The Morgan fingerprint density at radius 1 is 1.61 bits per heavy atom. The smallest absolute Gasteiger partial charge is 0.230 e. The maximum atomic E-state index is 12.7. The van der Waals surface area contributed by atoms with Crippen LogP contribution in [0.1, 0.15) is 31.7 Å². The number of nitrogens with zero attached hydrogens (tertiary/aromatic N) is 1. The monoisotopic (exact) mass is 266 g/mol. The van der Waals surface area contributed by atoms with Crippen LogP contribution in [-0.2, 0) is 11.3 Å². The molecule has 0 saturated carbocycles. The van der Waals surface area contributed by atoms with E-state index >= 15 is 0 Å². The summed E-state index contributed by atoms with van der Waals surface area (Å²) in [5, 5.41) is 7.52. The van der Waals surface area contributed by atoms with Gasteiger partial charge in [-0.15, -0.1) is 0 Å². The number of amides is 1. The average molecular weight is 266 g/mol. The lowest BCUT2D eigenvalue weighted by Gasteiger charge is -2.31. The topological polar surface area (TPSA) is 32.3 Å². The van der Waals surface area contributed by atoms with Gasteiger partial charge in [0.05, 0.1) is 5.41 Å². The molecule has 1 aliphatic rings. The number of hydrogen-bond acceptors (Lipinski definition) is 3. The summed E-state index contributed by atoms with van der Waals surface area (Å²) in [5.41, 5.74) is 1.08. The first-order valence-electron chi connectivity index (χ1n) is 6.65. The van der Waals surface area contributed by atoms with Crippen LogP contribution in [0.15, 0.2) is 16.8 Å². The van der Waals surface area contributed by atoms with Gasteiger partial charge in [-0.05, 0) is 41.8 Å². The minimum absolute atomic E-state index is 0.153. The zero-order valence-electron chi connectivity index (χ0n) is 11.2. The third-order valence-electron chi connectivity index (χ3n) is 3.77. The van der Waals surface area contributed by atoms with E-state index in [4.69, 9.17) is 0 Å². The molecule has 3 nitrogen and oxygen atoms in total. The fraction of sp³-hybridized carbons (Fsp3) is 0.643. The van der Waals surface area contributed by atoms with Crippen molar-refractivity contribution in [3.05, 3.63) is 22.4 Å². The Balaban J connectivity index is 2.04. The van der Waals surface area contributed by atoms with Gasteiger partial charge in [0.1, 0.15) is 0 Å². The molecule has 100 valence electrons. The van der Waals surface area contributed by atoms with Gasteiger partial charge in [-0.2, -0.15) is 11.3 Å². The molecular weight excluding hydrogens is 244 g/mol. The lowest BCUT2D eigenvalue weighted by molar-refractivity contribution is -0.140. The normalized spacial score (nSPS) is 23.2. The SMILES string of the molecule is CCCC1(C(=O)N(C)Cc2ccsc2)CCNC1. The predicted octanol–water partition coefficient (Wildman–Crippen LogP) is 2.49. The minimum atomic E-state index is -0.153. The van der Waals surface area contributed by atoms with Crippen LogP contribution in [-0.4, -0.2) is 30.9 Å². The number of hydrogen-bond donors (Lipinski definition) is 1. The predicted molar refractivity (Wildman–Crippen MR) is 75.6 cm³/mol. The number of carbonyl (C=O) groups is 1. The van der Waals surface area contributed by atoms with Gasteiger partial charge >= 0.3 is 0 Å². The van der Waals surface area contributed by atoms with E-state index in [0.717, 1.165) is 38.9 Å². The fourth-order valence-corrected chi connectivity index (χ4v) is 3.52. The third kappa shape index (κ3) is 2.75. The second-order valence-electron chi connectivity index (χ2n) is 5.25. The summed E-state index contributed by atoms with van der Waals surface area (Å²) in [6.07, 6.45) is 3.04. The van der Waals surface area contributed by atoms with Crippen LogP contribution in [0.5, 0.6) is 0 Å². The Hall–Kier alpha value is -0.870. The van der Waals surface area contributed by atoms with Crippen LogP contribution in [0.3, 0.4) is 0 Å². The molecule has 1 aromatic rings. The van der Waals surface area contributed by atoms with Crippen molar-refractivity contribution >= 4 is 17.2 Å². The highest BCUT2D eigenvalue weighted by Crippen LogP contribution is 2.33. The van der Waals surface area contributed by atoms with Crippen molar-refractivity contribution in [3.8, 4) is 0 Å². The van der Waals surface area contributed by atoms with Crippen LogP contribution in [0.2, 0.25) is 0 Å². The van der Waals surface area contributed by atoms with E-state index in [1.54, 1.807) is 11.3 Å². The highest BCUT2D eigenvalue weighted by atomic mass is 32.1. The number of thiophene rings is 1. The van der Waals surface area contributed by atoms with E-state index < -0.39 is 0 Å². The summed E-state index contributed by atoms with van der Waals surface area (Å²) in [7, 11) is 1.93. The van der Waals surface area contributed by atoms with E-state index in [1.807, 2.05) is 11.9 Å². The van der Waals surface area contributed by atoms with E-state index in [9.17, 15) is 4.79 Å². The van der Waals surface area contributed by atoms with Crippen LogP contribution in [0.25, 0.3) is 0 Å². The summed E-state index contributed by atoms with van der Waals surface area (Å²) in [5.74, 6) is 0.306. The van der Waals surface area contributed by atoms with Crippen molar-refractivity contribution in [1.82, 2.24) is 10.2 Å². The van der Waals surface area contributed by atoms with Crippen molar-refractivity contribution in [2.45, 2.75) is 32.7 Å². The summed E-state index contributed by atoms with van der Waals surface area (Å²) >= 11 is 1.68. The number of rotatable bonds is 5. The van der Waals surface area contributed by atoms with Gasteiger partial charge in [-0.25, -0.2) is 0 Å². The molecule has 1 saturated heterocycles. The standard InChI is InChI=1S/C14H22N2OS/c1-3-5-14(6-7-15-11-14)13(17)16(2)9-12-4-8-18-10-12/h4,8,10,15H,3,5-7,9,11H2,1-2H3. The lowest BCUT2D eigenvalue weighted by Crippen LogP contribution is -2.43. The van der Waals surface area contributed by atoms with Crippen molar-refractivity contribution in [2.24, 2.45) is 5.41 Å². The molecule has 0 aliphatic carbocycles. The largest absolute Gasteiger partial charge is 0.341 e. The van der Waals surface area contributed by atoms with Crippen LogP contribution in [0.4, 0.5) is 0 Å². The average Bonchev–Trinajstić information content (AvgIpc) is 3.00. The Morgan fingerprint density at radius 3 is 3.00 bits per heavy atom. The summed E-state index contributed by atoms with van der Waals surface area (Å²) in [4.78, 5) is 14.6. The molecule has 0 spiro atoms. The Morgan fingerprint density at radius 2 is 2.44 bits per heavy atom. The molecule has 0 radical (unpaired) electrons. The molecule has 2 rings (SSSR count). The van der Waals surface area contributed by atoms with Crippen molar-refractivity contribution < 1.29 is 4.79 Å². The van der Waals surface area contributed by atoms with Gasteiger partial charge < -0.3 is 10.2 Å². The molecule has 2 heterocycles. The van der Waals surface area contributed by atoms with E-state index in [0.29, 0.717) is 5.91 Å². The molecule has 1 N–H and O–H groups in total. The highest BCUT2D eigenvalue weighted by molar-refractivity contribution is 7.07. The molecular formula is C14H22N2OS. The van der Waals surface area contributed by atoms with Crippen molar-refractivity contribution in [2.75, 3.05) is 20.1 Å². The molecule has 1 aromatic heterocycles. The van der Waals surface area contributed by atoms with Crippen LogP contribution >= 0.6 is 11.3 Å². The summed E-state index contributed by atoms with van der Waals surface area (Å²) < 4.78 is 0. The molecule has 1 amide bonds. The Bertz CT molecular complexity index is 383. The quantitative estimate of drug-likeness (QED) is 0.888. The molecule has 1 aliphatic heterocycles. The summed E-state index contributed by atoms with van der Waals surface area (Å²) in [6, 6.07) is 2.09. The van der Waals surface area contributed by atoms with E-state index in [-0.39, 0.29) is 5.41 Å². The van der Waals surface area contributed by atoms with Gasteiger partial charge in [0.25, 0.3) is 0 Å². The molecule has 0 bridgehead atoms. The van der Waals surface area contributed by atoms with Gasteiger partial charge in [-0.1, -0.05) is 13.3 Å². The first kappa shape index (κ1) is 13.6. The zero-order valence-corrected chi connectivity index (χ0v) is 12.1. The molecule has 1 unspecified atom stereocenters. The van der Waals surface area contributed by atoms with Gasteiger partial charge in [0.2, 0.25) is 5.91 Å². The number of nitrogens with one attached hydrogen (secondary N) is 1. The second-order valence-corrected chi connectivity index (χ2v) is 6.03. The molecule has 0 aromatic carbocycles. The second kappa shape index (κ2) is 5.85. The molecule has 1 atom stereocenters. The highest BCUT2D eigenvalue weighted by Gasteiger charge is 2.41. The van der Waals surface area contributed by atoms with Gasteiger partial charge in [0, 0.05) is 20.1 Å². The first-order chi connectivity index (χ1) is 8.68.